The van der Waals surface area contributed by atoms with Gasteiger partial charge in [0, 0.05) is 16.4 Å². The number of halogens is 2. The number of hydrogen-bond acceptors (Lipinski definition) is 1. The third kappa shape index (κ3) is 3.17. The first-order chi connectivity index (χ1) is 7.77. The molecule has 1 N–H and O–H groups in total. The second-order valence-corrected chi connectivity index (χ2v) is 5.64. The molecule has 0 spiro atoms. The van der Waals surface area contributed by atoms with Gasteiger partial charge in [0.2, 0.25) is 0 Å². The fourth-order valence-electron chi connectivity index (χ4n) is 2.55. The van der Waals surface area contributed by atoms with Crippen molar-refractivity contribution in [1.29, 1.82) is 0 Å². The molecule has 2 atom stereocenters. The van der Waals surface area contributed by atoms with E-state index < -0.39 is 0 Å². The molecule has 0 amide bonds. The van der Waals surface area contributed by atoms with Crippen LogP contribution >= 0.6 is 15.9 Å². The normalized spacial score (nSPS) is 32.4. The number of rotatable bonds is 0. The van der Waals surface area contributed by atoms with Gasteiger partial charge < -0.3 is 5.32 Å². The van der Waals surface area contributed by atoms with Gasteiger partial charge in [0.25, 0.3) is 0 Å². The minimum Gasteiger partial charge on any atom is -0.310 e. The van der Waals surface area contributed by atoms with E-state index in [1.165, 1.54) is 32.1 Å². The van der Waals surface area contributed by atoms with Gasteiger partial charge in [0.1, 0.15) is 5.83 Å². The topological polar surface area (TPSA) is 12.0 Å². The molecule has 1 nitrogen and oxygen atoms in total. The molecular weight excluding hydrogens is 269 g/mol. The zero-order valence-corrected chi connectivity index (χ0v) is 11.1. The van der Waals surface area contributed by atoms with Crippen molar-refractivity contribution in [3.63, 3.8) is 0 Å². The summed E-state index contributed by atoms with van der Waals surface area (Å²) in [6, 6.07) is 0.178. The van der Waals surface area contributed by atoms with Crippen LogP contribution in [0.5, 0.6) is 0 Å². The molecule has 0 radical (unpaired) electrons. The quantitative estimate of drug-likeness (QED) is 0.708. The molecule has 2 unspecified atom stereocenters. The standard InChI is InChI=1S/C13H19BrFN/c14-12-8-10(15)9-13-11(12)6-4-2-1-3-5-7-16-13/h8-9,11,13,16H,1-7H2. The third-order valence-corrected chi connectivity index (χ3v) is 4.29. The van der Waals surface area contributed by atoms with Crippen LogP contribution in [0, 0.1) is 5.92 Å². The van der Waals surface area contributed by atoms with Gasteiger partial charge in [0.05, 0.1) is 0 Å². The Hall–Kier alpha value is -0.150. The van der Waals surface area contributed by atoms with Crippen LogP contribution in [-0.4, -0.2) is 12.6 Å². The first kappa shape index (κ1) is 12.3. The van der Waals surface area contributed by atoms with Crippen LogP contribution in [-0.2, 0) is 0 Å². The summed E-state index contributed by atoms with van der Waals surface area (Å²) in [6.45, 7) is 1.01. The van der Waals surface area contributed by atoms with E-state index in [1.54, 1.807) is 12.2 Å². The second-order valence-electron chi connectivity index (χ2n) is 4.72. The number of fused-ring (bicyclic) bond motifs is 1. The second kappa shape index (κ2) is 5.97. The minimum absolute atomic E-state index is 0.113. The Morgan fingerprint density at radius 1 is 1.19 bits per heavy atom. The van der Waals surface area contributed by atoms with Gasteiger partial charge in [-0.05, 0) is 31.5 Å². The molecule has 90 valence electrons. The van der Waals surface area contributed by atoms with E-state index in [0.717, 1.165) is 17.4 Å². The summed E-state index contributed by atoms with van der Waals surface area (Å²) >= 11 is 3.52. The van der Waals surface area contributed by atoms with Gasteiger partial charge in [-0.1, -0.05) is 41.6 Å². The summed E-state index contributed by atoms with van der Waals surface area (Å²) in [7, 11) is 0. The van der Waals surface area contributed by atoms with Crippen molar-refractivity contribution in [2.24, 2.45) is 5.92 Å². The van der Waals surface area contributed by atoms with E-state index in [-0.39, 0.29) is 11.9 Å². The Bertz CT molecular complexity index is 298. The summed E-state index contributed by atoms with van der Waals surface area (Å²) < 4.78 is 14.4. The number of hydrogen-bond donors (Lipinski definition) is 1. The molecule has 1 aliphatic heterocycles. The predicted molar refractivity (Wildman–Crippen MR) is 69.2 cm³/mol. The van der Waals surface area contributed by atoms with Crippen molar-refractivity contribution in [2.45, 2.75) is 44.6 Å². The Morgan fingerprint density at radius 3 is 2.81 bits per heavy atom. The minimum atomic E-state index is -0.113. The molecule has 16 heavy (non-hydrogen) atoms. The zero-order valence-electron chi connectivity index (χ0n) is 9.52. The van der Waals surface area contributed by atoms with Crippen LogP contribution in [0.1, 0.15) is 38.5 Å². The van der Waals surface area contributed by atoms with E-state index >= 15 is 0 Å². The largest absolute Gasteiger partial charge is 0.310 e. The SMILES string of the molecule is FC1=CC2NCCCCCCCC2C(Br)=C1. The first-order valence-electron chi connectivity index (χ1n) is 6.25. The van der Waals surface area contributed by atoms with Gasteiger partial charge in [-0.25, -0.2) is 4.39 Å². The van der Waals surface area contributed by atoms with Crippen LogP contribution in [0.4, 0.5) is 4.39 Å². The molecule has 1 fully saturated rings. The van der Waals surface area contributed by atoms with Crippen LogP contribution < -0.4 is 5.32 Å². The lowest BCUT2D eigenvalue weighted by molar-refractivity contribution is 0.391. The Labute approximate surface area is 105 Å². The Kier molecular flexibility index (Phi) is 4.59. The summed E-state index contributed by atoms with van der Waals surface area (Å²) in [6.07, 6.45) is 10.9. The van der Waals surface area contributed by atoms with Crippen molar-refractivity contribution in [2.75, 3.05) is 6.54 Å². The highest BCUT2D eigenvalue weighted by Gasteiger charge is 2.26. The molecule has 0 aromatic rings. The molecule has 0 saturated carbocycles. The van der Waals surface area contributed by atoms with E-state index in [4.69, 9.17) is 0 Å². The van der Waals surface area contributed by atoms with Crippen molar-refractivity contribution in [3.8, 4) is 0 Å². The van der Waals surface area contributed by atoms with Gasteiger partial charge in [-0.3, -0.25) is 0 Å². The third-order valence-electron chi connectivity index (χ3n) is 3.47. The van der Waals surface area contributed by atoms with Crippen LogP contribution in [0.25, 0.3) is 0 Å². The number of nitrogens with one attached hydrogen (secondary N) is 1. The number of allylic oxidation sites excluding steroid dienone is 2. The monoisotopic (exact) mass is 287 g/mol. The lowest BCUT2D eigenvalue weighted by Gasteiger charge is -2.29. The van der Waals surface area contributed by atoms with Gasteiger partial charge in [-0.15, -0.1) is 0 Å². The average molecular weight is 288 g/mol. The Morgan fingerprint density at radius 2 is 1.94 bits per heavy atom. The highest BCUT2D eigenvalue weighted by Crippen LogP contribution is 2.33. The lowest BCUT2D eigenvalue weighted by Crippen LogP contribution is -2.37. The van der Waals surface area contributed by atoms with Gasteiger partial charge in [0.15, 0.2) is 0 Å². The summed E-state index contributed by atoms with van der Waals surface area (Å²) in [4.78, 5) is 0. The molecule has 3 heteroatoms. The van der Waals surface area contributed by atoms with Crippen LogP contribution in [0.3, 0.4) is 0 Å². The highest BCUT2D eigenvalue weighted by atomic mass is 79.9. The molecule has 2 rings (SSSR count). The smallest absolute Gasteiger partial charge is 0.121 e. The molecule has 0 aromatic heterocycles. The Balaban J connectivity index is 2.06. The van der Waals surface area contributed by atoms with E-state index in [1.807, 2.05) is 0 Å². The maximum atomic E-state index is 13.3. The maximum absolute atomic E-state index is 13.3. The first-order valence-corrected chi connectivity index (χ1v) is 7.04. The molecule has 1 heterocycles. The van der Waals surface area contributed by atoms with Gasteiger partial charge in [-0.2, -0.15) is 0 Å². The van der Waals surface area contributed by atoms with Crippen molar-refractivity contribution >= 4 is 15.9 Å². The van der Waals surface area contributed by atoms with E-state index in [2.05, 4.69) is 21.2 Å². The summed E-state index contributed by atoms with van der Waals surface area (Å²) in [5, 5.41) is 3.46. The summed E-state index contributed by atoms with van der Waals surface area (Å²) in [5.41, 5.74) is 0. The fraction of sp³-hybridized carbons (Fsp3) is 0.692. The van der Waals surface area contributed by atoms with E-state index in [9.17, 15) is 4.39 Å². The van der Waals surface area contributed by atoms with E-state index in [0.29, 0.717) is 5.92 Å². The van der Waals surface area contributed by atoms with Crippen LogP contribution in [0.15, 0.2) is 22.5 Å². The predicted octanol–water partition coefficient (Wildman–Crippen LogP) is 4.06. The molecule has 0 aromatic carbocycles. The molecular formula is C13H19BrFN. The zero-order chi connectivity index (χ0) is 11.4. The van der Waals surface area contributed by atoms with Gasteiger partial charge >= 0.3 is 0 Å². The highest BCUT2D eigenvalue weighted by molar-refractivity contribution is 9.11. The molecule has 1 saturated heterocycles. The van der Waals surface area contributed by atoms with Crippen molar-refractivity contribution in [3.05, 3.63) is 22.5 Å². The fourth-order valence-corrected chi connectivity index (χ4v) is 3.29. The molecule has 1 aliphatic carbocycles. The summed E-state index contributed by atoms with van der Waals surface area (Å²) in [5.74, 6) is 0.315. The van der Waals surface area contributed by atoms with Crippen molar-refractivity contribution < 1.29 is 4.39 Å². The molecule has 2 aliphatic rings. The average Bonchev–Trinajstić information content (AvgIpc) is 2.25. The van der Waals surface area contributed by atoms with Crippen LogP contribution in [0.2, 0.25) is 0 Å². The van der Waals surface area contributed by atoms with Crippen molar-refractivity contribution in [1.82, 2.24) is 5.32 Å². The molecule has 0 bridgehead atoms. The maximum Gasteiger partial charge on any atom is 0.121 e. The lowest BCUT2D eigenvalue weighted by atomic mass is 9.88.